The lowest BCUT2D eigenvalue weighted by atomic mass is 9.78. The summed E-state index contributed by atoms with van der Waals surface area (Å²) in [5.41, 5.74) is 0.680. The molecule has 0 saturated carbocycles. The van der Waals surface area contributed by atoms with Gasteiger partial charge in [0.05, 0.1) is 5.60 Å². The van der Waals surface area contributed by atoms with E-state index in [-0.39, 0.29) is 0 Å². The van der Waals surface area contributed by atoms with Crippen molar-refractivity contribution in [2.24, 2.45) is 5.18 Å². The molecule has 0 saturated heterocycles. The molecule has 1 aromatic carbocycles. The lowest BCUT2D eigenvalue weighted by Gasteiger charge is -2.20. The third-order valence-electron chi connectivity index (χ3n) is 2.77. The zero-order valence-electron chi connectivity index (χ0n) is 8.98. The Balaban J connectivity index is 2.50. The second-order valence-corrected chi connectivity index (χ2v) is 4.68. The van der Waals surface area contributed by atoms with Gasteiger partial charge in [-0.2, -0.15) is 0 Å². The van der Waals surface area contributed by atoms with Gasteiger partial charge in [-0.05, 0) is 41.7 Å². The molecule has 1 aliphatic heterocycles. The summed E-state index contributed by atoms with van der Waals surface area (Å²) in [6, 6.07) is 5.14. The number of rotatable bonds is 2. The van der Waals surface area contributed by atoms with Crippen molar-refractivity contribution in [1.82, 2.24) is 0 Å². The summed E-state index contributed by atoms with van der Waals surface area (Å²) in [6.07, 6.45) is 0. The van der Waals surface area contributed by atoms with E-state index in [9.17, 15) is 9.93 Å². The average molecular weight is 239 g/mol. The first-order valence-corrected chi connectivity index (χ1v) is 5.36. The topological polar surface area (TPSA) is 58.9 Å². The molecular weight excluding hydrogens is 228 g/mol. The smallest absolute Gasteiger partial charge is 0.423 e. The summed E-state index contributed by atoms with van der Waals surface area (Å²) in [7, 11) is -0.919. The summed E-state index contributed by atoms with van der Waals surface area (Å²) < 4.78 is 5.39. The molecule has 0 aromatic heterocycles. The number of benzene rings is 1. The average Bonchev–Trinajstić information content (AvgIpc) is 2.48. The summed E-state index contributed by atoms with van der Waals surface area (Å²) in [4.78, 5) is 10.4. The first-order valence-electron chi connectivity index (χ1n) is 4.92. The van der Waals surface area contributed by atoms with E-state index in [0.29, 0.717) is 11.0 Å². The monoisotopic (exact) mass is 239 g/mol. The molecule has 6 heteroatoms. The van der Waals surface area contributed by atoms with E-state index >= 15 is 0 Å². The summed E-state index contributed by atoms with van der Waals surface area (Å²) in [5, 5.41) is 12.4. The third-order valence-corrected chi connectivity index (χ3v) is 3.10. The Morgan fingerprint density at radius 3 is 2.88 bits per heavy atom. The van der Waals surface area contributed by atoms with E-state index in [2.05, 4.69) is 5.18 Å². The molecule has 1 aliphatic rings. The fourth-order valence-electron chi connectivity index (χ4n) is 1.93. The van der Waals surface area contributed by atoms with Gasteiger partial charge in [0.15, 0.2) is 5.50 Å². The van der Waals surface area contributed by atoms with Gasteiger partial charge in [-0.15, -0.1) is 4.91 Å². The maximum atomic E-state index is 10.4. The highest BCUT2D eigenvalue weighted by Gasteiger charge is 2.40. The van der Waals surface area contributed by atoms with Crippen LogP contribution < -0.4 is 5.46 Å². The zero-order chi connectivity index (χ0) is 11.9. The molecule has 1 N–H and O–H groups in total. The second-order valence-electron chi connectivity index (χ2n) is 4.27. The van der Waals surface area contributed by atoms with E-state index in [1.807, 2.05) is 13.8 Å². The van der Waals surface area contributed by atoms with Gasteiger partial charge in [-0.1, -0.05) is 23.7 Å². The van der Waals surface area contributed by atoms with Crippen molar-refractivity contribution in [1.29, 1.82) is 0 Å². The van der Waals surface area contributed by atoms with Crippen molar-refractivity contribution in [3.05, 3.63) is 34.2 Å². The first-order chi connectivity index (χ1) is 7.45. The Morgan fingerprint density at radius 2 is 2.25 bits per heavy atom. The number of fused-ring (bicyclic) bond motifs is 1. The maximum Gasteiger partial charge on any atom is 0.492 e. The predicted molar refractivity (Wildman–Crippen MR) is 62.5 cm³/mol. The molecule has 1 unspecified atom stereocenters. The molecule has 0 bridgehead atoms. The maximum absolute atomic E-state index is 10.4. The second kappa shape index (κ2) is 3.84. The van der Waals surface area contributed by atoms with Crippen LogP contribution in [0.1, 0.15) is 30.5 Å². The molecule has 1 heterocycles. The Bertz CT molecular complexity index is 438. The molecule has 1 atom stereocenters. The lowest BCUT2D eigenvalue weighted by molar-refractivity contribution is 0.101. The van der Waals surface area contributed by atoms with Crippen molar-refractivity contribution in [3.8, 4) is 0 Å². The Labute approximate surface area is 98.7 Å². The quantitative estimate of drug-likeness (QED) is 0.369. The van der Waals surface area contributed by atoms with E-state index < -0.39 is 18.2 Å². The van der Waals surface area contributed by atoms with Crippen molar-refractivity contribution in [3.63, 3.8) is 0 Å². The van der Waals surface area contributed by atoms with Crippen LogP contribution in [0.3, 0.4) is 0 Å². The predicted octanol–water partition coefficient (Wildman–Crippen LogP) is 1.64. The van der Waals surface area contributed by atoms with Crippen LogP contribution in [0.15, 0.2) is 23.4 Å². The van der Waals surface area contributed by atoms with Gasteiger partial charge < -0.3 is 9.68 Å². The molecule has 0 aliphatic carbocycles. The van der Waals surface area contributed by atoms with Crippen LogP contribution in [-0.4, -0.2) is 12.1 Å². The highest BCUT2D eigenvalue weighted by atomic mass is 35.5. The van der Waals surface area contributed by atoms with Crippen LogP contribution in [-0.2, 0) is 10.3 Å². The summed E-state index contributed by atoms with van der Waals surface area (Å²) in [5.74, 6) is 0. The van der Waals surface area contributed by atoms with Crippen molar-refractivity contribution >= 4 is 24.2 Å². The summed E-state index contributed by atoms with van der Waals surface area (Å²) >= 11 is 5.74. The minimum Gasteiger partial charge on any atom is -0.423 e. The third kappa shape index (κ3) is 1.75. The van der Waals surface area contributed by atoms with Crippen LogP contribution in [0.25, 0.3) is 0 Å². The van der Waals surface area contributed by atoms with E-state index in [4.69, 9.17) is 16.3 Å². The van der Waals surface area contributed by atoms with Gasteiger partial charge >= 0.3 is 7.12 Å². The van der Waals surface area contributed by atoms with Gasteiger partial charge in [0.25, 0.3) is 0 Å². The van der Waals surface area contributed by atoms with Crippen LogP contribution in [0.2, 0.25) is 0 Å². The number of hydrogen-bond acceptors (Lipinski definition) is 4. The molecule has 1 aromatic rings. The number of alkyl halides is 1. The molecule has 2 rings (SSSR count). The molecular formula is C10H11BClNO3. The molecule has 0 spiro atoms. The van der Waals surface area contributed by atoms with E-state index in [1.54, 1.807) is 18.2 Å². The highest BCUT2D eigenvalue weighted by molar-refractivity contribution is 6.61. The van der Waals surface area contributed by atoms with Crippen molar-refractivity contribution < 1.29 is 9.68 Å². The van der Waals surface area contributed by atoms with Crippen molar-refractivity contribution in [2.45, 2.75) is 24.9 Å². The number of hydrogen-bond donors (Lipinski definition) is 1. The molecule has 0 fully saturated rings. The first kappa shape index (κ1) is 11.6. The van der Waals surface area contributed by atoms with Crippen LogP contribution in [0, 0.1) is 4.91 Å². The van der Waals surface area contributed by atoms with E-state index in [1.165, 1.54) is 0 Å². The fraction of sp³-hybridized carbons (Fsp3) is 0.400. The normalized spacial score (nSPS) is 19.4. The molecule has 0 radical (unpaired) electrons. The van der Waals surface area contributed by atoms with Gasteiger partial charge in [0.1, 0.15) is 0 Å². The fourth-order valence-corrected chi connectivity index (χ4v) is 2.06. The van der Waals surface area contributed by atoms with Gasteiger partial charge in [0, 0.05) is 0 Å². The Hall–Kier alpha value is -0.905. The van der Waals surface area contributed by atoms with Crippen LogP contribution in [0.4, 0.5) is 0 Å². The molecule has 16 heavy (non-hydrogen) atoms. The molecule has 0 amide bonds. The van der Waals surface area contributed by atoms with Crippen LogP contribution in [0.5, 0.6) is 0 Å². The minimum absolute atomic E-state index is 0.579. The van der Waals surface area contributed by atoms with Gasteiger partial charge in [-0.3, -0.25) is 0 Å². The standard InChI is InChI=1S/C10H11BClNO3/c1-10(2)7-5-6(9(12)13-15)3-4-8(7)11(14)16-10/h3-5,9,14H,1-2H3. The number of nitrogens with zero attached hydrogens (tertiary/aromatic N) is 1. The van der Waals surface area contributed by atoms with Gasteiger partial charge in [-0.25, -0.2) is 0 Å². The largest absolute Gasteiger partial charge is 0.492 e. The van der Waals surface area contributed by atoms with Gasteiger partial charge in [0.2, 0.25) is 0 Å². The molecule has 84 valence electrons. The lowest BCUT2D eigenvalue weighted by Crippen LogP contribution is -2.28. The SMILES string of the molecule is CC1(C)OB(O)c2ccc(C(Cl)N=O)cc21. The Kier molecular flexibility index (Phi) is 2.78. The zero-order valence-corrected chi connectivity index (χ0v) is 9.73. The Morgan fingerprint density at radius 1 is 1.56 bits per heavy atom. The van der Waals surface area contributed by atoms with Crippen LogP contribution >= 0.6 is 11.6 Å². The molecule has 4 nitrogen and oxygen atoms in total. The summed E-state index contributed by atoms with van der Waals surface area (Å²) in [6.45, 7) is 3.70. The number of halogens is 1. The van der Waals surface area contributed by atoms with Crippen molar-refractivity contribution in [2.75, 3.05) is 0 Å². The van der Waals surface area contributed by atoms with E-state index in [0.717, 1.165) is 5.56 Å². The number of nitroso groups, excluding NO2 is 1. The highest BCUT2D eigenvalue weighted by Crippen LogP contribution is 2.32. The minimum atomic E-state index is -0.919.